The molecule has 0 fully saturated rings. The maximum atomic E-state index is 9.43. The first-order chi connectivity index (χ1) is 9.28. The van der Waals surface area contributed by atoms with Crippen LogP contribution >= 0.6 is 0 Å². The van der Waals surface area contributed by atoms with Crippen LogP contribution in [0.3, 0.4) is 0 Å². The molecule has 19 heavy (non-hydrogen) atoms. The number of hydrogen-bond donors (Lipinski definition) is 0. The summed E-state index contributed by atoms with van der Waals surface area (Å²) in [7, 11) is 3.20. The van der Waals surface area contributed by atoms with Crippen molar-refractivity contribution in [3.8, 4) is 17.6 Å². The number of rotatable bonds is 4. The Hall–Kier alpha value is -2.47. The molecule has 0 bridgehead atoms. The Morgan fingerprint density at radius 1 is 0.895 bits per heavy atom. The van der Waals surface area contributed by atoms with Crippen LogP contribution in [0.2, 0.25) is 0 Å². The van der Waals surface area contributed by atoms with Crippen LogP contribution in [0.25, 0.3) is 0 Å². The van der Waals surface area contributed by atoms with Gasteiger partial charge in [0.25, 0.3) is 0 Å². The van der Waals surface area contributed by atoms with Crippen molar-refractivity contribution in [1.29, 1.82) is 5.26 Å². The van der Waals surface area contributed by atoms with E-state index in [0.717, 1.165) is 11.1 Å². The Labute approximate surface area is 113 Å². The summed E-state index contributed by atoms with van der Waals surface area (Å²) in [5, 5.41) is 9.43. The van der Waals surface area contributed by atoms with Crippen molar-refractivity contribution in [2.24, 2.45) is 0 Å². The van der Waals surface area contributed by atoms with Crippen LogP contribution in [0.4, 0.5) is 0 Å². The summed E-state index contributed by atoms with van der Waals surface area (Å²) >= 11 is 0. The van der Waals surface area contributed by atoms with E-state index in [1.165, 1.54) is 0 Å². The predicted molar refractivity (Wildman–Crippen MR) is 73.4 cm³/mol. The fraction of sp³-hybridized carbons (Fsp3) is 0.188. The third kappa shape index (κ3) is 2.86. The van der Waals surface area contributed by atoms with E-state index in [1.54, 1.807) is 20.3 Å². The summed E-state index contributed by atoms with van der Waals surface area (Å²) in [5.41, 5.74) is 1.82. The summed E-state index contributed by atoms with van der Waals surface area (Å²) in [6.45, 7) is 0. The molecule has 0 aliphatic rings. The average Bonchev–Trinajstić information content (AvgIpc) is 2.48. The third-order valence-corrected chi connectivity index (χ3v) is 2.97. The SMILES string of the molecule is COc1cc(OC)cc(C(C#N)c2ccccc2)c1. The third-order valence-electron chi connectivity index (χ3n) is 2.97. The molecule has 0 saturated carbocycles. The number of benzene rings is 2. The van der Waals surface area contributed by atoms with Gasteiger partial charge in [-0.15, -0.1) is 0 Å². The van der Waals surface area contributed by atoms with Gasteiger partial charge >= 0.3 is 0 Å². The second-order valence-corrected chi connectivity index (χ2v) is 4.12. The second kappa shape index (κ2) is 5.92. The summed E-state index contributed by atoms with van der Waals surface area (Å²) < 4.78 is 10.5. The van der Waals surface area contributed by atoms with Crippen LogP contribution in [0.15, 0.2) is 48.5 Å². The molecule has 96 valence electrons. The number of nitriles is 1. The molecule has 1 atom stereocenters. The van der Waals surface area contributed by atoms with Gasteiger partial charge in [-0.2, -0.15) is 5.26 Å². The highest BCUT2D eigenvalue weighted by Crippen LogP contribution is 2.30. The van der Waals surface area contributed by atoms with Gasteiger partial charge < -0.3 is 9.47 Å². The molecule has 1 unspecified atom stereocenters. The lowest BCUT2D eigenvalue weighted by Gasteiger charge is -2.13. The van der Waals surface area contributed by atoms with Crippen LogP contribution in [0.5, 0.6) is 11.5 Å². The highest BCUT2D eigenvalue weighted by atomic mass is 16.5. The maximum absolute atomic E-state index is 9.43. The van der Waals surface area contributed by atoms with Gasteiger partial charge in [0, 0.05) is 6.07 Å². The van der Waals surface area contributed by atoms with Gasteiger partial charge in [-0.25, -0.2) is 0 Å². The monoisotopic (exact) mass is 253 g/mol. The molecule has 0 spiro atoms. The van der Waals surface area contributed by atoms with Crippen LogP contribution < -0.4 is 9.47 Å². The zero-order valence-corrected chi connectivity index (χ0v) is 11.0. The molecule has 2 aromatic rings. The largest absolute Gasteiger partial charge is 0.497 e. The lowest BCUT2D eigenvalue weighted by Crippen LogP contribution is -1.99. The maximum Gasteiger partial charge on any atom is 0.122 e. The van der Waals surface area contributed by atoms with Crippen molar-refractivity contribution < 1.29 is 9.47 Å². The molecule has 2 rings (SSSR count). The van der Waals surface area contributed by atoms with Gasteiger partial charge in [-0.1, -0.05) is 30.3 Å². The zero-order chi connectivity index (χ0) is 13.7. The molecule has 0 aliphatic carbocycles. The van der Waals surface area contributed by atoms with Crippen molar-refractivity contribution in [3.63, 3.8) is 0 Å². The van der Waals surface area contributed by atoms with Crippen LogP contribution in [-0.4, -0.2) is 14.2 Å². The summed E-state index contributed by atoms with van der Waals surface area (Å²) in [4.78, 5) is 0. The molecule has 0 saturated heterocycles. The fourth-order valence-electron chi connectivity index (χ4n) is 1.98. The molecular weight excluding hydrogens is 238 g/mol. The molecule has 0 amide bonds. The van der Waals surface area contributed by atoms with Crippen molar-refractivity contribution in [2.75, 3.05) is 14.2 Å². The number of hydrogen-bond acceptors (Lipinski definition) is 3. The van der Waals surface area contributed by atoms with Gasteiger partial charge in [0.15, 0.2) is 0 Å². The lowest BCUT2D eigenvalue weighted by atomic mass is 9.92. The Morgan fingerprint density at radius 2 is 1.47 bits per heavy atom. The first-order valence-electron chi connectivity index (χ1n) is 5.96. The van der Waals surface area contributed by atoms with E-state index in [9.17, 15) is 5.26 Å². The zero-order valence-electron chi connectivity index (χ0n) is 11.0. The highest BCUT2D eigenvalue weighted by molar-refractivity contribution is 5.46. The molecule has 0 heterocycles. The van der Waals surface area contributed by atoms with Crippen LogP contribution in [0, 0.1) is 11.3 Å². The van der Waals surface area contributed by atoms with E-state index in [-0.39, 0.29) is 5.92 Å². The predicted octanol–water partition coefficient (Wildman–Crippen LogP) is 3.36. The topological polar surface area (TPSA) is 42.2 Å². The summed E-state index contributed by atoms with van der Waals surface area (Å²) in [5.74, 6) is 1.04. The van der Waals surface area contributed by atoms with E-state index in [1.807, 2.05) is 42.5 Å². The minimum absolute atomic E-state index is 0.329. The van der Waals surface area contributed by atoms with Crippen molar-refractivity contribution in [2.45, 2.75) is 5.92 Å². The lowest BCUT2D eigenvalue weighted by molar-refractivity contribution is 0.393. The Morgan fingerprint density at radius 3 is 1.95 bits per heavy atom. The Bertz CT molecular complexity index is 565. The first kappa shape index (κ1) is 13.0. The van der Waals surface area contributed by atoms with E-state index < -0.39 is 0 Å². The van der Waals surface area contributed by atoms with E-state index in [0.29, 0.717) is 11.5 Å². The van der Waals surface area contributed by atoms with E-state index >= 15 is 0 Å². The van der Waals surface area contributed by atoms with Gasteiger partial charge in [-0.3, -0.25) is 0 Å². The Balaban J connectivity index is 2.47. The molecule has 3 heteroatoms. The van der Waals surface area contributed by atoms with Gasteiger partial charge in [0.1, 0.15) is 11.5 Å². The normalized spacial score (nSPS) is 11.4. The van der Waals surface area contributed by atoms with Gasteiger partial charge in [0.05, 0.1) is 26.2 Å². The minimum Gasteiger partial charge on any atom is -0.497 e. The van der Waals surface area contributed by atoms with Gasteiger partial charge in [-0.05, 0) is 23.3 Å². The van der Waals surface area contributed by atoms with E-state index in [4.69, 9.17) is 9.47 Å². The molecule has 0 aromatic heterocycles. The minimum atomic E-state index is -0.329. The second-order valence-electron chi connectivity index (χ2n) is 4.12. The Kier molecular flexibility index (Phi) is 4.04. The van der Waals surface area contributed by atoms with Gasteiger partial charge in [0.2, 0.25) is 0 Å². The molecule has 0 radical (unpaired) electrons. The molecule has 0 aliphatic heterocycles. The highest BCUT2D eigenvalue weighted by Gasteiger charge is 2.15. The number of methoxy groups -OCH3 is 2. The van der Waals surface area contributed by atoms with Crippen molar-refractivity contribution in [1.82, 2.24) is 0 Å². The molecule has 0 N–H and O–H groups in total. The van der Waals surface area contributed by atoms with Crippen LogP contribution in [0.1, 0.15) is 17.0 Å². The standard InChI is InChI=1S/C16H15NO2/c1-18-14-8-13(9-15(10-14)19-2)16(11-17)12-6-4-3-5-7-12/h3-10,16H,1-2H3. The molecule has 2 aromatic carbocycles. The molecular formula is C16H15NO2. The van der Waals surface area contributed by atoms with E-state index in [2.05, 4.69) is 6.07 Å². The average molecular weight is 253 g/mol. The quantitative estimate of drug-likeness (QED) is 0.839. The fourth-order valence-corrected chi connectivity index (χ4v) is 1.98. The number of nitrogens with zero attached hydrogens (tertiary/aromatic N) is 1. The van der Waals surface area contributed by atoms with Crippen molar-refractivity contribution in [3.05, 3.63) is 59.7 Å². The first-order valence-corrected chi connectivity index (χ1v) is 5.96. The summed E-state index contributed by atoms with van der Waals surface area (Å²) in [6, 6.07) is 17.5. The molecule has 3 nitrogen and oxygen atoms in total. The number of ether oxygens (including phenoxy) is 2. The summed E-state index contributed by atoms with van der Waals surface area (Å²) in [6.07, 6.45) is 0. The van der Waals surface area contributed by atoms with Crippen LogP contribution in [-0.2, 0) is 0 Å². The smallest absolute Gasteiger partial charge is 0.122 e. The van der Waals surface area contributed by atoms with Crippen molar-refractivity contribution >= 4 is 0 Å².